The average molecular weight is 368 g/mol. The maximum absolute atomic E-state index is 12.6. The second-order valence-corrected chi connectivity index (χ2v) is 7.20. The van der Waals surface area contributed by atoms with Crippen LogP contribution >= 0.6 is 0 Å². The van der Waals surface area contributed by atoms with E-state index in [0.717, 1.165) is 38.5 Å². The lowest BCUT2D eigenvalue weighted by Crippen LogP contribution is -2.37. The second-order valence-electron chi connectivity index (χ2n) is 7.20. The van der Waals surface area contributed by atoms with E-state index >= 15 is 0 Å². The molecule has 0 aromatic rings. The van der Waals surface area contributed by atoms with Gasteiger partial charge in [0.2, 0.25) is 0 Å². The van der Waals surface area contributed by atoms with Crippen molar-refractivity contribution in [3.63, 3.8) is 0 Å². The molecule has 0 heterocycles. The molecule has 6 heteroatoms. The van der Waals surface area contributed by atoms with Crippen LogP contribution in [-0.2, 0) is 23.8 Å². The minimum absolute atomic E-state index is 0.254. The molecule has 0 aliphatic heterocycles. The minimum atomic E-state index is -0.854. The number of esters is 2. The van der Waals surface area contributed by atoms with Gasteiger partial charge in [-0.1, -0.05) is 12.8 Å². The summed E-state index contributed by atoms with van der Waals surface area (Å²) in [5, 5.41) is 10.4. The van der Waals surface area contributed by atoms with Crippen molar-refractivity contribution in [1.29, 1.82) is 0 Å². The van der Waals surface area contributed by atoms with Crippen molar-refractivity contribution in [3.8, 4) is 0 Å². The molecular formula is C20H32O6. The normalized spacial score (nSPS) is 28.8. The van der Waals surface area contributed by atoms with Crippen molar-refractivity contribution in [2.24, 2.45) is 5.41 Å². The fraction of sp³-hybridized carbons (Fsp3) is 0.800. The van der Waals surface area contributed by atoms with Gasteiger partial charge in [-0.2, -0.15) is 0 Å². The molecule has 2 rings (SSSR count). The summed E-state index contributed by atoms with van der Waals surface area (Å²) in [4.78, 5) is 24.2. The van der Waals surface area contributed by atoms with E-state index in [1.165, 1.54) is 7.11 Å². The van der Waals surface area contributed by atoms with Gasteiger partial charge >= 0.3 is 11.9 Å². The third kappa shape index (κ3) is 5.00. The number of hydrogen-bond donors (Lipinski definition) is 1. The molecule has 0 spiro atoms. The Balaban J connectivity index is 2.07. The van der Waals surface area contributed by atoms with Crippen LogP contribution in [0.1, 0.15) is 71.1 Å². The van der Waals surface area contributed by atoms with Gasteiger partial charge in [0, 0.05) is 6.42 Å². The molecule has 0 aromatic heterocycles. The minimum Gasteiger partial charge on any atom is -0.491 e. The number of rotatable bonds is 8. The quantitative estimate of drug-likeness (QED) is 0.523. The van der Waals surface area contributed by atoms with Crippen LogP contribution in [0, 0.1) is 5.41 Å². The number of methoxy groups -OCH3 is 1. The summed E-state index contributed by atoms with van der Waals surface area (Å²) >= 11 is 0. The molecule has 0 saturated heterocycles. The first-order valence-electron chi connectivity index (χ1n) is 9.83. The number of carbonyl (C=O) groups excluding carboxylic acids is 2. The van der Waals surface area contributed by atoms with Crippen molar-refractivity contribution >= 4 is 11.9 Å². The van der Waals surface area contributed by atoms with Gasteiger partial charge in [0.1, 0.15) is 17.3 Å². The number of carbonyl (C=O) groups is 2. The molecular weight excluding hydrogens is 336 g/mol. The highest BCUT2D eigenvalue weighted by Gasteiger charge is 2.47. The Morgan fingerprint density at radius 2 is 2.04 bits per heavy atom. The van der Waals surface area contributed by atoms with Gasteiger partial charge in [-0.15, -0.1) is 0 Å². The number of aliphatic hydroxyl groups excluding tert-OH is 1. The third-order valence-electron chi connectivity index (χ3n) is 5.43. The lowest BCUT2D eigenvalue weighted by Gasteiger charge is -2.33. The van der Waals surface area contributed by atoms with E-state index in [0.29, 0.717) is 31.6 Å². The Kier molecular flexibility index (Phi) is 7.94. The van der Waals surface area contributed by atoms with Crippen molar-refractivity contribution in [3.05, 3.63) is 11.8 Å². The Bertz CT molecular complexity index is 514. The van der Waals surface area contributed by atoms with Crippen LogP contribution in [0.15, 0.2) is 11.8 Å². The molecule has 0 bridgehead atoms. The summed E-state index contributed by atoms with van der Waals surface area (Å²) in [5.74, 6) is 0.0310. The van der Waals surface area contributed by atoms with Crippen LogP contribution in [0.3, 0.4) is 0 Å². The topological polar surface area (TPSA) is 82.1 Å². The SMILES string of the molecule is CCOC(=O)CCC[C@]1(C(=O)OC)CCC=C1O[C@@H]1CCCCC[C@H]1O. The van der Waals surface area contributed by atoms with Gasteiger partial charge in [-0.3, -0.25) is 9.59 Å². The Labute approximate surface area is 155 Å². The van der Waals surface area contributed by atoms with Gasteiger partial charge in [0.05, 0.1) is 19.8 Å². The van der Waals surface area contributed by atoms with E-state index in [1.54, 1.807) is 6.92 Å². The zero-order valence-corrected chi connectivity index (χ0v) is 16.0. The molecule has 1 N–H and O–H groups in total. The maximum atomic E-state index is 12.6. The van der Waals surface area contributed by atoms with Crippen molar-refractivity contribution in [2.45, 2.75) is 83.3 Å². The van der Waals surface area contributed by atoms with E-state index < -0.39 is 11.5 Å². The highest BCUT2D eigenvalue weighted by molar-refractivity contribution is 5.80. The van der Waals surface area contributed by atoms with E-state index in [2.05, 4.69) is 0 Å². The largest absolute Gasteiger partial charge is 0.491 e. The van der Waals surface area contributed by atoms with E-state index in [1.807, 2.05) is 6.08 Å². The molecule has 2 aliphatic rings. The zero-order chi connectivity index (χ0) is 19.0. The molecule has 148 valence electrons. The molecule has 26 heavy (non-hydrogen) atoms. The highest BCUT2D eigenvalue weighted by Crippen LogP contribution is 2.46. The molecule has 6 nitrogen and oxygen atoms in total. The second kappa shape index (κ2) is 9.95. The van der Waals surface area contributed by atoms with Crippen LogP contribution in [0.2, 0.25) is 0 Å². The molecule has 1 fully saturated rings. The monoisotopic (exact) mass is 368 g/mol. The molecule has 0 unspecified atom stereocenters. The number of hydrogen-bond acceptors (Lipinski definition) is 6. The fourth-order valence-corrected chi connectivity index (χ4v) is 4.00. The van der Waals surface area contributed by atoms with Crippen LogP contribution in [0.25, 0.3) is 0 Å². The molecule has 0 aromatic carbocycles. The maximum Gasteiger partial charge on any atom is 0.319 e. The number of aliphatic hydroxyl groups is 1. The molecule has 0 radical (unpaired) electrons. The summed E-state index contributed by atoms with van der Waals surface area (Å²) in [6.07, 6.45) is 8.41. The van der Waals surface area contributed by atoms with E-state index in [-0.39, 0.29) is 24.5 Å². The van der Waals surface area contributed by atoms with Gasteiger partial charge in [-0.25, -0.2) is 0 Å². The molecule has 3 atom stereocenters. The van der Waals surface area contributed by atoms with Gasteiger partial charge < -0.3 is 19.3 Å². The van der Waals surface area contributed by atoms with Crippen molar-refractivity contribution in [2.75, 3.05) is 13.7 Å². The third-order valence-corrected chi connectivity index (χ3v) is 5.43. The van der Waals surface area contributed by atoms with Crippen LogP contribution < -0.4 is 0 Å². The Hall–Kier alpha value is -1.56. The average Bonchev–Trinajstić information content (AvgIpc) is 2.91. The van der Waals surface area contributed by atoms with Gasteiger partial charge in [0.25, 0.3) is 0 Å². The number of allylic oxidation sites excluding steroid dienone is 1. The summed E-state index contributed by atoms with van der Waals surface area (Å²) in [5.41, 5.74) is -0.854. The van der Waals surface area contributed by atoms with Gasteiger partial charge in [-0.05, 0) is 57.9 Å². The lowest BCUT2D eigenvalue weighted by atomic mass is 9.80. The first-order chi connectivity index (χ1) is 12.5. The standard InChI is InChI=1S/C20H32O6/c1-3-25-18(22)12-8-14-20(19(23)24-2)13-7-11-17(20)26-16-10-6-4-5-9-15(16)21/h11,15-16,21H,3-10,12-14H2,1-2H3/t15-,16-,20-/m1/s1. The van der Waals surface area contributed by atoms with E-state index in [9.17, 15) is 14.7 Å². The summed E-state index contributed by atoms with van der Waals surface area (Å²) in [7, 11) is 1.38. The summed E-state index contributed by atoms with van der Waals surface area (Å²) in [6, 6.07) is 0. The van der Waals surface area contributed by atoms with Crippen molar-refractivity contribution < 1.29 is 28.9 Å². The van der Waals surface area contributed by atoms with Crippen LogP contribution in [-0.4, -0.2) is 43.0 Å². The predicted molar refractivity (Wildman–Crippen MR) is 96.2 cm³/mol. The Morgan fingerprint density at radius 1 is 1.27 bits per heavy atom. The molecule has 2 aliphatic carbocycles. The fourth-order valence-electron chi connectivity index (χ4n) is 4.00. The van der Waals surface area contributed by atoms with Gasteiger partial charge in [0.15, 0.2) is 0 Å². The van der Waals surface area contributed by atoms with Crippen LogP contribution in [0.4, 0.5) is 0 Å². The first kappa shape index (κ1) is 20.7. The molecule has 0 amide bonds. The predicted octanol–water partition coefficient (Wildman–Crippen LogP) is 3.27. The zero-order valence-electron chi connectivity index (χ0n) is 16.0. The number of ether oxygens (including phenoxy) is 3. The van der Waals surface area contributed by atoms with E-state index in [4.69, 9.17) is 14.2 Å². The smallest absolute Gasteiger partial charge is 0.319 e. The lowest BCUT2D eigenvalue weighted by molar-refractivity contribution is -0.155. The van der Waals surface area contributed by atoms with Crippen molar-refractivity contribution in [1.82, 2.24) is 0 Å². The highest BCUT2D eigenvalue weighted by atomic mass is 16.5. The molecule has 1 saturated carbocycles. The first-order valence-corrected chi connectivity index (χ1v) is 9.83. The van der Waals surface area contributed by atoms with Crippen LogP contribution in [0.5, 0.6) is 0 Å². The summed E-state index contributed by atoms with van der Waals surface area (Å²) < 4.78 is 16.2. The summed E-state index contributed by atoms with van der Waals surface area (Å²) in [6.45, 7) is 2.13. The Morgan fingerprint density at radius 3 is 2.77 bits per heavy atom.